The molecular weight excluding hydrogens is 224 g/mol. The zero-order valence-corrected chi connectivity index (χ0v) is 10.9. The third-order valence-corrected chi connectivity index (χ3v) is 5.80. The predicted octanol–water partition coefficient (Wildman–Crippen LogP) is 0.989. The van der Waals surface area contributed by atoms with Gasteiger partial charge in [-0.3, -0.25) is 0 Å². The molecule has 2 rings (SSSR count). The van der Waals surface area contributed by atoms with Crippen LogP contribution in [-0.2, 0) is 10.0 Å². The standard InChI is InChI=1S/C11H22N2O2S/c1-9(2)16(14,15)13-10-4-7-12-11(8-10)5-3-6-11/h9-10,12-13H,3-8H2,1-2H3. The summed E-state index contributed by atoms with van der Waals surface area (Å²) in [5.41, 5.74) is 0.252. The van der Waals surface area contributed by atoms with E-state index in [-0.39, 0.29) is 16.8 Å². The highest BCUT2D eigenvalue weighted by atomic mass is 32.2. The number of nitrogens with one attached hydrogen (secondary N) is 2. The van der Waals surface area contributed by atoms with Crippen molar-refractivity contribution in [2.45, 2.75) is 62.8 Å². The Morgan fingerprint density at radius 2 is 2.06 bits per heavy atom. The zero-order valence-electron chi connectivity index (χ0n) is 10.1. The minimum absolute atomic E-state index is 0.133. The summed E-state index contributed by atoms with van der Waals surface area (Å²) < 4.78 is 26.4. The predicted molar refractivity (Wildman–Crippen MR) is 64.8 cm³/mol. The van der Waals surface area contributed by atoms with Gasteiger partial charge < -0.3 is 5.32 Å². The lowest BCUT2D eigenvalue weighted by atomic mass is 9.70. The van der Waals surface area contributed by atoms with Crippen molar-refractivity contribution < 1.29 is 8.42 Å². The Labute approximate surface area is 98.2 Å². The largest absolute Gasteiger partial charge is 0.311 e. The lowest BCUT2D eigenvalue weighted by Gasteiger charge is -2.48. The molecule has 0 aromatic carbocycles. The Bertz CT molecular complexity index is 347. The van der Waals surface area contributed by atoms with Crippen LogP contribution in [0.3, 0.4) is 0 Å². The van der Waals surface area contributed by atoms with E-state index in [4.69, 9.17) is 0 Å². The summed E-state index contributed by atoms with van der Waals surface area (Å²) in [5, 5.41) is 3.21. The fraction of sp³-hybridized carbons (Fsp3) is 1.00. The van der Waals surface area contributed by atoms with E-state index in [0.29, 0.717) is 0 Å². The fourth-order valence-corrected chi connectivity index (χ4v) is 3.55. The average Bonchev–Trinajstić information content (AvgIpc) is 2.15. The van der Waals surface area contributed by atoms with Gasteiger partial charge in [0.2, 0.25) is 10.0 Å². The van der Waals surface area contributed by atoms with Gasteiger partial charge in [0.05, 0.1) is 5.25 Å². The molecule has 16 heavy (non-hydrogen) atoms. The summed E-state index contributed by atoms with van der Waals surface area (Å²) in [6.45, 7) is 4.39. The first-order valence-corrected chi connectivity index (χ1v) is 7.74. The second-order valence-electron chi connectivity index (χ2n) is 5.46. The molecule has 1 spiro atoms. The smallest absolute Gasteiger partial charge is 0.214 e. The monoisotopic (exact) mass is 246 g/mol. The van der Waals surface area contributed by atoms with E-state index in [1.165, 1.54) is 19.3 Å². The maximum atomic E-state index is 11.8. The van der Waals surface area contributed by atoms with Gasteiger partial charge in [-0.2, -0.15) is 0 Å². The fourth-order valence-electron chi connectivity index (χ4n) is 2.61. The van der Waals surface area contributed by atoms with Gasteiger partial charge >= 0.3 is 0 Å². The van der Waals surface area contributed by atoms with Crippen molar-refractivity contribution in [1.29, 1.82) is 0 Å². The highest BCUT2D eigenvalue weighted by molar-refractivity contribution is 7.90. The molecule has 0 aromatic heterocycles. The Morgan fingerprint density at radius 3 is 2.56 bits per heavy atom. The molecule has 1 heterocycles. The quantitative estimate of drug-likeness (QED) is 0.781. The van der Waals surface area contributed by atoms with Crippen LogP contribution < -0.4 is 10.0 Å². The summed E-state index contributed by atoms with van der Waals surface area (Å²) in [6.07, 6.45) is 5.54. The van der Waals surface area contributed by atoms with Gasteiger partial charge in [0.1, 0.15) is 0 Å². The molecule has 5 heteroatoms. The van der Waals surface area contributed by atoms with Gasteiger partial charge in [-0.15, -0.1) is 0 Å². The van der Waals surface area contributed by atoms with Crippen molar-refractivity contribution in [3.05, 3.63) is 0 Å². The first-order valence-electron chi connectivity index (χ1n) is 6.20. The molecule has 1 unspecified atom stereocenters. The highest BCUT2D eigenvalue weighted by Gasteiger charge is 2.41. The minimum Gasteiger partial charge on any atom is -0.311 e. The van der Waals surface area contributed by atoms with Gasteiger partial charge in [-0.25, -0.2) is 13.1 Å². The molecule has 0 bridgehead atoms. The number of piperidine rings is 1. The van der Waals surface area contributed by atoms with Crippen molar-refractivity contribution in [1.82, 2.24) is 10.0 Å². The molecule has 0 radical (unpaired) electrons. The minimum atomic E-state index is -3.11. The van der Waals surface area contributed by atoms with Crippen LogP contribution in [-0.4, -0.2) is 31.8 Å². The third-order valence-electron chi connectivity index (χ3n) is 3.89. The van der Waals surface area contributed by atoms with E-state index in [0.717, 1.165) is 19.4 Å². The summed E-state index contributed by atoms with van der Waals surface area (Å²) in [7, 11) is -3.11. The van der Waals surface area contributed by atoms with E-state index >= 15 is 0 Å². The Kier molecular flexibility index (Phi) is 3.29. The maximum Gasteiger partial charge on any atom is 0.214 e. The molecule has 2 aliphatic rings. The van der Waals surface area contributed by atoms with E-state index < -0.39 is 10.0 Å². The molecule has 1 atom stereocenters. The van der Waals surface area contributed by atoms with Crippen LogP contribution in [0.1, 0.15) is 46.0 Å². The molecule has 1 aliphatic heterocycles. The number of hydrogen-bond donors (Lipinski definition) is 2. The zero-order chi connectivity index (χ0) is 11.8. The molecule has 2 N–H and O–H groups in total. The maximum absolute atomic E-state index is 11.8. The van der Waals surface area contributed by atoms with Gasteiger partial charge in [0.25, 0.3) is 0 Å². The highest BCUT2D eigenvalue weighted by Crippen LogP contribution is 2.38. The summed E-state index contributed by atoms with van der Waals surface area (Å²) in [6, 6.07) is 0.133. The van der Waals surface area contributed by atoms with Gasteiger partial charge in [0, 0.05) is 11.6 Å². The van der Waals surface area contributed by atoms with Gasteiger partial charge in [0.15, 0.2) is 0 Å². The Hall–Kier alpha value is -0.130. The van der Waals surface area contributed by atoms with Crippen molar-refractivity contribution >= 4 is 10.0 Å². The summed E-state index contributed by atoms with van der Waals surface area (Å²) in [5.74, 6) is 0. The Morgan fingerprint density at radius 1 is 1.38 bits per heavy atom. The average molecular weight is 246 g/mol. The van der Waals surface area contributed by atoms with Crippen molar-refractivity contribution in [3.63, 3.8) is 0 Å². The first-order chi connectivity index (χ1) is 7.44. The SMILES string of the molecule is CC(C)S(=O)(=O)NC1CCNC2(CCC2)C1. The van der Waals surface area contributed by atoms with Crippen LogP contribution in [0.15, 0.2) is 0 Å². The molecule has 1 saturated heterocycles. The van der Waals surface area contributed by atoms with E-state index in [1.807, 2.05) is 0 Å². The number of hydrogen-bond acceptors (Lipinski definition) is 3. The van der Waals surface area contributed by atoms with Crippen molar-refractivity contribution in [2.75, 3.05) is 6.54 Å². The van der Waals surface area contributed by atoms with E-state index in [9.17, 15) is 8.42 Å². The molecular formula is C11H22N2O2S. The molecule has 0 aromatic rings. The van der Waals surface area contributed by atoms with Crippen LogP contribution in [0.25, 0.3) is 0 Å². The van der Waals surface area contributed by atoms with Crippen LogP contribution in [0.2, 0.25) is 0 Å². The van der Waals surface area contributed by atoms with E-state index in [2.05, 4.69) is 10.0 Å². The third kappa shape index (κ3) is 2.41. The normalized spacial score (nSPS) is 29.3. The molecule has 1 saturated carbocycles. The molecule has 4 nitrogen and oxygen atoms in total. The summed E-state index contributed by atoms with van der Waals surface area (Å²) in [4.78, 5) is 0. The number of sulfonamides is 1. The molecule has 1 aliphatic carbocycles. The van der Waals surface area contributed by atoms with Gasteiger partial charge in [-0.05, 0) is 52.5 Å². The molecule has 2 fully saturated rings. The van der Waals surface area contributed by atoms with Crippen LogP contribution in [0, 0.1) is 0 Å². The lowest BCUT2D eigenvalue weighted by molar-refractivity contribution is 0.126. The van der Waals surface area contributed by atoms with Gasteiger partial charge in [-0.1, -0.05) is 0 Å². The lowest BCUT2D eigenvalue weighted by Crippen LogP contribution is -2.60. The van der Waals surface area contributed by atoms with Crippen molar-refractivity contribution in [3.8, 4) is 0 Å². The van der Waals surface area contributed by atoms with E-state index in [1.54, 1.807) is 13.8 Å². The van der Waals surface area contributed by atoms with Crippen LogP contribution >= 0.6 is 0 Å². The van der Waals surface area contributed by atoms with Crippen molar-refractivity contribution in [2.24, 2.45) is 0 Å². The summed E-state index contributed by atoms with van der Waals surface area (Å²) >= 11 is 0. The van der Waals surface area contributed by atoms with Crippen LogP contribution in [0.5, 0.6) is 0 Å². The first kappa shape index (κ1) is 12.3. The molecule has 94 valence electrons. The van der Waals surface area contributed by atoms with Crippen LogP contribution in [0.4, 0.5) is 0 Å². The second-order valence-corrected chi connectivity index (χ2v) is 7.73. The Balaban J connectivity index is 1.95. The second kappa shape index (κ2) is 4.27. The molecule has 0 amide bonds. The topological polar surface area (TPSA) is 58.2 Å². The number of rotatable bonds is 3.